The first-order valence-electron chi connectivity index (χ1n) is 11.6. The zero-order chi connectivity index (χ0) is 23.9. The Hall–Kier alpha value is -3.34. The number of tetrazole rings is 1. The van der Waals surface area contributed by atoms with Gasteiger partial charge < -0.3 is 15.4 Å². The highest BCUT2D eigenvalue weighted by atomic mass is 19.1. The van der Waals surface area contributed by atoms with Gasteiger partial charge in [0, 0.05) is 35.4 Å². The lowest BCUT2D eigenvalue weighted by Crippen LogP contribution is -2.55. The summed E-state index contributed by atoms with van der Waals surface area (Å²) >= 11 is 0. The van der Waals surface area contributed by atoms with Gasteiger partial charge in [-0.25, -0.2) is 9.37 Å². The number of aromatic nitrogens is 6. The molecule has 0 amide bonds. The minimum absolute atomic E-state index is 0.0764. The van der Waals surface area contributed by atoms with E-state index >= 15 is 0 Å². The molecule has 5 rings (SSSR count). The van der Waals surface area contributed by atoms with Gasteiger partial charge in [0.2, 0.25) is 5.95 Å². The van der Waals surface area contributed by atoms with Crippen molar-refractivity contribution >= 4 is 17.5 Å². The minimum atomic E-state index is -0.465. The van der Waals surface area contributed by atoms with Gasteiger partial charge in [0.15, 0.2) is 17.5 Å². The van der Waals surface area contributed by atoms with Gasteiger partial charge in [-0.3, -0.25) is 4.90 Å². The number of aryl methyl sites for hydroxylation is 1. The summed E-state index contributed by atoms with van der Waals surface area (Å²) in [6.07, 6.45) is 5.53. The van der Waals surface area contributed by atoms with Crippen LogP contribution in [0.2, 0.25) is 0 Å². The summed E-state index contributed by atoms with van der Waals surface area (Å²) < 4.78 is 21.7. The summed E-state index contributed by atoms with van der Waals surface area (Å²) in [6, 6.07) is 6.17. The van der Waals surface area contributed by atoms with Crippen LogP contribution in [0.4, 0.5) is 21.8 Å². The molecule has 4 heterocycles. The number of methoxy groups -OCH3 is 1. The Bertz CT molecular complexity index is 1180. The SMILES string of the molecule is COc1cc(Nc2ncc(F)c(N[C@@H]3C[C@H]4CCCN4C(C)(C)C3)n2)cc(-n2nnnc2C)c1. The van der Waals surface area contributed by atoms with E-state index in [0.29, 0.717) is 23.3 Å². The lowest BCUT2D eigenvalue weighted by molar-refractivity contribution is 0.0500. The maximum Gasteiger partial charge on any atom is 0.229 e. The van der Waals surface area contributed by atoms with Crippen molar-refractivity contribution in [3.63, 3.8) is 0 Å². The molecule has 34 heavy (non-hydrogen) atoms. The molecule has 2 aliphatic rings. The molecular formula is C23H30FN9O. The number of halogens is 1. The summed E-state index contributed by atoms with van der Waals surface area (Å²) in [4.78, 5) is 11.2. The van der Waals surface area contributed by atoms with Crippen molar-refractivity contribution in [1.82, 2.24) is 35.1 Å². The number of nitrogens with zero attached hydrogens (tertiary/aromatic N) is 7. The molecule has 2 fully saturated rings. The number of rotatable bonds is 6. The molecular weight excluding hydrogens is 437 g/mol. The predicted octanol–water partition coefficient (Wildman–Crippen LogP) is 3.47. The van der Waals surface area contributed by atoms with Crippen molar-refractivity contribution in [2.24, 2.45) is 0 Å². The van der Waals surface area contributed by atoms with E-state index in [1.807, 2.05) is 19.1 Å². The maximum absolute atomic E-state index is 14.7. The average molecular weight is 468 g/mol. The second kappa shape index (κ2) is 8.79. The van der Waals surface area contributed by atoms with Gasteiger partial charge in [-0.1, -0.05) is 0 Å². The summed E-state index contributed by atoms with van der Waals surface area (Å²) in [5, 5.41) is 18.2. The third kappa shape index (κ3) is 4.39. The molecule has 2 aliphatic heterocycles. The molecule has 2 aromatic heterocycles. The Kier molecular flexibility index (Phi) is 5.80. The molecule has 2 saturated heterocycles. The van der Waals surface area contributed by atoms with E-state index in [0.717, 1.165) is 25.1 Å². The van der Waals surface area contributed by atoms with Crippen molar-refractivity contribution in [1.29, 1.82) is 0 Å². The quantitative estimate of drug-likeness (QED) is 0.564. The molecule has 1 aromatic carbocycles. The topological polar surface area (TPSA) is 106 Å². The maximum atomic E-state index is 14.7. The predicted molar refractivity (Wildman–Crippen MR) is 126 cm³/mol. The fourth-order valence-electron chi connectivity index (χ4n) is 5.34. The second-order valence-electron chi connectivity index (χ2n) is 9.66. The third-order valence-corrected chi connectivity index (χ3v) is 6.80. The summed E-state index contributed by atoms with van der Waals surface area (Å²) in [6.45, 7) is 7.50. The highest BCUT2D eigenvalue weighted by Crippen LogP contribution is 2.38. The van der Waals surface area contributed by atoms with E-state index in [1.54, 1.807) is 17.9 Å². The Morgan fingerprint density at radius 2 is 2.09 bits per heavy atom. The van der Waals surface area contributed by atoms with Crippen LogP contribution in [-0.4, -0.2) is 66.4 Å². The molecule has 0 saturated carbocycles. The van der Waals surface area contributed by atoms with E-state index in [4.69, 9.17) is 4.74 Å². The van der Waals surface area contributed by atoms with Gasteiger partial charge in [0.05, 0.1) is 19.0 Å². The van der Waals surface area contributed by atoms with Crippen molar-refractivity contribution < 1.29 is 9.13 Å². The van der Waals surface area contributed by atoms with Crippen molar-refractivity contribution in [2.75, 3.05) is 24.3 Å². The van der Waals surface area contributed by atoms with Crippen LogP contribution in [0.1, 0.15) is 45.4 Å². The lowest BCUT2D eigenvalue weighted by atomic mass is 9.84. The smallest absolute Gasteiger partial charge is 0.229 e. The summed E-state index contributed by atoms with van der Waals surface area (Å²) in [5.41, 5.74) is 1.46. The molecule has 0 unspecified atom stereocenters. The van der Waals surface area contributed by atoms with Crippen molar-refractivity contribution in [3.8, 4) is 11.4 Å². The highest BCUT2D eigenvalue weighted by molar-refractivity contribution is 5.62. The minimum Gasteiger partial charge on any atom is -0.497 e. The zero-order valence-electron chi connectivity index (χ0n) is 19.9. The Labute approximate surface area is 197 Å². The van der Waals surface area contributed by atoms with Crippen LogP contribution in [0, 0.1) is 12.7 Å². The van der Waals surface area contributed by atoms with Gasteiger partial charge in [-0.15, -0.1) is 5.10 Å². The molecule has 0 radical (unpaired) electrons. The van der Waals surface area contributed by atoms with Gasteiger partial charge >= 0.3 is 0 Å². The summed E-state index contributed by atoms with van der Waals surface area (Å²) in [7, 11) is 1.59. The largest absolute Gasteiger partial charge is 0.497 e. The number of fused-ring (bicyclic) bond motifs is 1. The van der Waals surface area contributed by atoms with Crippen LogP contribution in [0.25, 0.3) is 5.69 Å². The van der Waals surface area contributed by atoms with Gasteiger partial charge in [-0.2, -0.15) is 9.67 Å². The fraction of sp³-hybridized carbons (Fsp3) is 0.522. The molecule has 0 aliphatic carbocycles. The number of anilines is 3. The Balaban J connectivity index is 1.37. The number of hydrogen-bond acceptors (Lipinski definition) is 9. The molecule has 180 valence electrons. The normalized spacial score (nSPS) is 21.8. The molecule has 0 spiro atoms. The number of piperidine rings is 1. The van der Waals surface area contributed by atoms with Crippen molar-refractivity contribution in [2.45, 2.75) is 64.1 Å². The first kappa shape index (κ1) is 22.5. The number of hydrogen-bond donors (Lipinski definition) is 2. The first-order chi connectivity index (χ1) is 16.3. The lowest BCUT2D eigenvalue weighted by Gasteiger charge is -2.47. The first-order valence-corrected chi connectivity index (χ1v) is 11.6. The van der Waals surface area contributed by atoms with Crippen LogP contribution in [0.3, 0.4) is 0 Å². The van der Waals surface area contributed by atoms with E-state index in [-0.39, 0.29) is 23.3 Å². The monoisotopic (exact) mass is 467 g/mol. The molecule has 2 N–H and O–H groups in total. The van der Waals surface area contributed by atoms with Gasteiger partial charge in [0.1, 0.15) is 5.75 Å². The Morgan fingerprint density at radius 1 is 1.24 bits per heavy atom. The number of nitrogens with one attached hydrogen (secondary N) is 2. The third-order valence-electron chi connectivity index (χ3n) is 6.80. The molecule has 2 atom stereocenters. The molecule has 10 nitrogen and oxygen atoms in total. The van der Waals surface area contributed by atoms with Crippen LogP contribution >= 0.6 is 0 Å². The van der Waals surface area contributed by atoms with Crippen LogP contribution in [0.15, 0.2) is 24.4 Å². The zero-order valence-corrected chi connectivity index (χ0v) is 19.9. The average Bonchev–Trinajstić information content (AvgIpc) is 3.45. The van der Waals surface area contributed by atoms with Crippen LogP contribution in [0.5, 0.6) is 5.75 Å². The highest BCUT2D eigenvalue weighted by Gasteiger charge is 2.43. The van der Waals surface area contributed by atoms with Gasteiger partial charge in [0.25, 0.3) is 0 Å². The summed E-state index contributed by atoms with van der Waals surface area (Å²) in [5.74, 6) is 1.28. The number of benzene rings is 1. The van der Waals surface area contributed by atoms with E-state index in [1.165, 1.54) is 19.0 Å². The van der Waals surface area contributed by atoms with Gasteiger partial charge in [-0.05, 0) is 69.5 Å². The number of ether oxygens (including phenoxy) is 1. The molecule has 11 heteroatoms. The van der Waals surface area contributed by atoms with E-state index < -0.39 is 5.82 Å². The molecule has 3 aromatic rings. The van der Waals surface area contributed by atoms with Crippen LogP contribution < -0.4 is 15.4 Å². The van der Waals surface area contributed by atoms with Crippen molar-refractivity contribution in [3.05, 3.63) is 36.0 Å². The molecule has 0 bridgehead atoms. The standard InChI is InChI=1S/C23H30FN9O/c1-14-29-30-31-33(14)18-8-15(10-19(11-18)34-4)27-22-25-13-20(24)21(28-22)26-16-9-17-6-5-7-32(17)23(2,3)12-16/h8,10-11,13,16-17H,5-7,9,12H2,1-4H3,(H2,25,26,27,28)/t16-,17-/m1/s1. The second-order valence-corrected chi connectivity index (χ2v) is 9.66. The van der Waals surface area contributed by atoms with Crippen LogP contribution in [-0.2, 0) is 0 Å². The Morgan fingerprint density at radius 3 is 2.85 bits per heavy atom. The van der Waals surface area contributed by atoms with E-state index in [2.05, 4.69) is 54.9 Å². The van der Waals surface area contributed by atoms with E-state index in [9.17, 15) is 4.39 Å². The fourth-order valence-corrected chi connectivity index (χ4v) is 5.34.